The number of ether oxygens (including phenoxy) is 1. The monoisotopic (exact) mass is 395 g/mol. The van der Waals surface area contributed by atoms with E-state index >= 15 is 0 Å². The van der Waals surface area contributed by atoms with Gasteiger partial charge >= 0.3 is 0 Å². The van der Waals surface area contributed by atoms with Crippen LogP contribution in [0.5, 0.6) is 0 Å². The van der Waals surface area contributed by atoms with E-state index in [1.807, 2.05) is 39.8 Å². The van der Waals surface area contributed by atoms with E-state index in [-0.39, 0.29) is 23.9 Å². The molecule has 29 heavy (non-hydrogen) atoms. The molecule has 2 aliphatic rings. The zero-order valence-electron chi connectivity index (χ0n) is 17.2. The zero-order valence-corrected chi connectivity index (χ0v) is 17.2. The summed E-state index contributed by atoms with van der Waals surface area (Å²) in [5.74, 6) is -0.129. The Labute approximate surface area is 171 Å². The number of amides is 2. The van der Waals surface area contributed by atoms with Gasteiger partial charge < -0.3 is 19.5 Å². The molecule has 0 aliphatic carbocycles. The summed E-state index contributed by atoms with van der Waals surface area (Å²) >= 11 is 0. The van der Waals surface area contributed by atoms with Gasteiger partial charge in [-0.05, 0) is 37.8 Å². The summed E-state index contributed by atoms with van der Waals surface area (Å²) in [5.41, 5.74) is 3.03. The van der Waals surface area contributed by atoms with Crippen molar-refractivity contribution < 1.29 is 14.3 Å². The van der Waals surface area contributed by atoms with Crippen LogP contribution in [0.2, 0.25) is 0 Å². The number of likely N-dealkylation sites (tertiary alicyclic amines) is 1. The Bertz CT molecular complexity index is 890. The molecule has 6 heteroatoms. The van der Waals surface area contributed by atoms with E-state index in [0.717, 1.165) is 37.1 Å². The molecular weight excluding hydrogens is 366 g/mol. The number of nitrogens with zero attached hydrogens (tertiary/aromatic N) is 2. The molecule has 0 bridgehead atoms. The van der Waals surface area contributed by atoms with Crippen LogP contribution < -0.4 is 5.32 Å². The van der Waals surface area contributed by atoms with Crippen LogP contribution in [0.1, 0.15) is 71.3 Å². The van der Waals surface area contributed by atoms with Crippen LogP contribution in [0.25, 0.3) is 0 Å². The van der Waals surface area contributed by atoms with Crippen LogP contribution in [-0.2, 0) is 17.9 Å². The molecule has 1 fully saturated rings. The molecule has 1 aromatic heterocycles. The lowest BCUT2D eigenvalue weighted by molar-refractivity contribution is 0.0683. The fraction of sp³-hybridized carbons (Fsp3) is 0.478. The fourth-order valence-corrected chi connectivity index (χ4v) is 4.42. The normalized spacial score (nSPS) is 19.7. The summed E-state index contributed by atoms with van der Waals surface area (Å²) in [6, 6.07) is 11.9. The zero-order chi connectivity index (χ0) is 20.4. The van der Waals surface area contributed by atoms with Gasteiger partial charge in [0.15, 0.2) is 0 Å². The Morgan fingerprint density at radius 2 is 2.03 bits per heavy atom. The minimum atomic E-state index is -0.150. The van der Waals surface area contributed by atoms with Gasteiger partial charge in [0.1, 0.15) is 5.69 Å². The molecule has 4 rings (SSSR count). The first kappa shape index (κ1) is 19.7. The molecule has 2 unspecified atom stereocenters. The predicted molar refractivity (Wildman–Crippen MR) is 111 cm³/mol. The molecule has 1 aromatic carbocycles. The van der Waals surface area contributed by atoms with Gasteiger partial charge in [0.05, 0.1) is 30.5 Å². The third-order valence-electron chi connectivity index (χ3n) is 6.10. The standard InChI is InChI=1S/C23H29N3O3/c1-3-19(17-9-5-4-6-10-17)24-22(27)18-14-20(26-12-13-29-15-21(18)26)23(28)25-11-7-8-16(25)2/h4-6,9-10,14,16,19H,3,7-8,11-13,15H2,1-2H3,(H,24,27). The quantitative estimate of drug-likeness (QED) is 0.842. The SMILES string of the molecule is CCC(NC(=O)c1cc(C(=O)N2CCCC2C)n2c1COCC2)c1ccccc1. The van der Waals surface area contributed by atoms with E-state index in [4.69, 9.17) is 4.74 Å². The Kier molecular flexibility index (Phi) is 5.72. The molecule has 0 radical (unpaired) electrons. The molecular formula is C23H29N3O3. The highest BCUT2D eigenvalue weighted by atomic mass is 16.5. The van der Waals surface area contributed by atoms with Crippen molar-refractivity contribution in [2.45, 2.75) is 58.3 Å². The van der Waals surface area contributed by atoms with Crippen molar-refractivity contribution in [1.82, 2.24) is 14.8 Å². The Balaban J connectivity index is 1.62. The van der Waals surface area contributed by atoms with Crippen molar-refractivity contribution in [1.29, 1.82) is 0 Å². The third kappa shape index (κ3) is 3.81. The summed E-state index contributed by atoms with van der Waals surface area (Å²) in [6.45, 7) is 6.44. The molecule has 2 atom stereocenters. The molecule has 0 spiro atoms. The Morgan fingerprint density at radius 1 is 1.24 bits per heavy atom. The van der Waals surface area contributed by atoms with E-state index < -0.39 is 0 Å². The smallest absolute Gasteiger partial charge is 0.270 e. The first-order chi connectivity index (χ1) is 14.1. The highest BCUT2D eigenvalue weighted by molar-refractivity contribution is 6.01. The number of aromatic nitrogens is 1. The average molecular weight is 396 g/mol. The topological polar surface area (TPSA) is 63.6 Å². The van der Waals surface area contributed by atoms with Crippen LogP contribution in [0, 0.1) is 0 Å². The Morgan fingerprint density at radius 3 is 2.72 bits per heavy atom. The number of carbonyl (C=O) groups is 2. The number of nitrogens with one attached hydrogen (secondary N) is 1. The van der Waals surface area contributed by atoms with Crippen LogP contribution in [-0.4, -0.2) is 40.5 Å². The van der Waals surface area contributed by atoms with Gasteiger partial charge in [-0.1, -0.05) is 37.3 Å². The van der Waals surface area contributed by atoms with E-state index in [9.17, 15) is 9.59 Å². The van der Waals surface area contributed by atoms with Gasteiger partial charge in [0.2, 0.25) is 0 Å². The van der Waals surface area contributed by atoms with Gasteiger partial charge in [-0.15, -0.1) is 0 Å². The molecule has 3 heterocycles. The van der Waals surface area contributed by atoms with E-state index in [0.29, 0.717) is 31.0 Å². The van der Waals surface area contributed by atoms with Gasteiger partial charge in [0.25, 0.3) is 11.8 Å². The maximum Gasteiger partial charge on any atom is 0.270 e. The second kappa shape index (κ2) is 8.41. The minimum absolute atomic E-state index is 0.0206. The van der Waals surface area contributed by atoms with Crippen molar-refractivity contribution in [3.63, 3.8) is 0 Å². The first-order valence-corrected chi connectivity index (χ1v) is 10.6. The number of rotatable bonds is 5. The molecule has 2 aliphatic heterocycles. The van der Waals surface area contributed by atoms with E-state index in [1.165, 1.54) is 0 Å². The summed E-state index contributed by atoms with van der Waals surface area (Å²) < 4.78 is 7.60. The maximum absolute atomic E-state index is 13.2. The van der Waals surface area contributed by atoms with Crippen molar-refractivity contribution in [3.8, 4) is 0 Å². The number of hydrogen-bond donors (Lipinski definition) is 1. The largest absolute Gasteiger partial charge is 0.373 e. The highest BCUT2D eigenvalue weighted by Gasteiger charge is 2.32. The second-order valence-electron chi connectivity index (χ2n) is 7.93. The number of benzene rings is 1. The Hall–Kier alpha value is -2.60. The van der Waals surface area contributed by atoms with Crippen molar-refractivity contribution in [2.75, 3.05) is 13.2 Å². The van der Waals surface area contributed by atoms with Crippen molar-refractivity contribution in [2.24, 2.45) is 0 Å². The maximum atomic E-state index is 13.2. The molecule has 1 saturated heterocycles. The van der Waals surface area contributed by atoms with Crippen LogP contribution in [0.15, 0.2) is 36.4 Å². The van der Waals surface area contributed by atoms with E-state index in [1.54, 1.807) is 6.07 Å². The van der Waals surface area contributed by atoms with Gasteiger partial charge in [-0.3, -0.25) is 9.59 Å². The average Bonchev–Trinajstić information content (AvgIpc) is 3.36. The molecule has 2 aromatic rings. The second-order valence-corrected chi connectivity index (χ2v) is 7.93. The number of hydrogen-bond acceptors (Lipinski definition) is 3. The van der Waals surface area contributed by atoms with Gasteiger partial charge in [-0.2, -0.15) is 0 Å². The van der Waals surface area contributed by atoms with Crippen molar-refractivity contribution >= 4 is 11.8 Å². The number of carbonyl (C=O) groups excluding carboxylic acids is 2. The van der Waals surface area contributed by atoms with Gasteiger partial charge in [0, 0.05) is 19.1 Å². The van der Waals surface area contributed by atoms with Crippen LogP contribution in [0.4, 0.5) is 0 Å². The van der Waals surface area contributed by atoms with Gasteiger partial charge in [-0.25, -0.2) is 0 Å². The van der Waals surface area contributed by atoms with E-state index in [2.05, 4.69) is 19.2 Å². The number of fused-ring (bicyclic) bond motifs is 1. The third-order valence-corrected chi connectivity index (χ3v) is 6.10. The van der Waals surface area contributed by atoms with Crippen LogP contribution >= 0.6 is 0 Å². The predicted octanol–water partition coefficient (Wildman–Crippen LogP) is 3.52. The summed E-state index contributed by atoms with van der Waals surface area (Å²) in [7, 11) is 0. The molecule has 2 amide bonds. The lowest BCUT2D eigenvalue weighted by atomic mass is 10.0. The molecule has 1 N–H and O–H groups in total. The molecule has 154 valence electrons. The molecule has 6 nitrogen and oxygen atoms in total. The summed E-state index contributed by atoms with van der Waals surface area (Å²) in [5, 5.41) is 3.15. The first-order valence-electron chi connectivity index (χ1n) is 10.6. The molecule has 0 saturated carbocycles. The van der Waals surface area contributed by atoms with Crippen molar-refractivity contribution in [3.05, 3.63) is 58.9 Å². The van der Waals surface area contributed by atoms with Crippen LogP contribution in [0.3, 0.4) is 0 Å². The fourth-order valence-electron chi connectivity index (χ4n) is 4.42. The minimum Gasteiger partial charge on any atom is -0.373 e. The summed E-state index contributed by atoms with van der Waals surface area (Å²) in [6.07, 6.45) is 2.86. The lowest BCUT2D eigenvalue weighted by Gasteiger charge is -2.24. The lowest BCUT2D eigenvalue weighted by Crippen LogP contribution is -2.35. The highest BCUT2D eigenvalue weighted by Crippen LogP contribution is 2.26. The summed E-state index contributed by atoms with van der Waals surface area (Å²) in [4.78, 5) is 28.3.